The highest BCUT2D eigenvalue weighted by Gasteiger charge is 2.42. The van der Waals surface area contributed by atoms with Crippen molar-refractivity contribution < 1.29 is 8.23 Å². The zero-order valence-corrected chi connectivity index (χ0v) is 15.6. The lowest BCUT2D eigenvalue weighted by atomic mass is 10.5. The fraction of sp³-hybridized carbons (Fsp3) is 1.00. The summed E-state index contributed by atoms with van der Waals surface area (Å²) in [4.78, 5) is 0. The highest BCUT2D eigenvalue weighted by Crippen LogP contribution is 2.25. The van der Waals surface area contributed by atoms with Crippen LogP contribution in [-0.4, -0.2) is 42.5 Å². The van der Waals surface area contributed by atoms with Gasteiger partial charge in [-0.25, -0.2) is 0 Å². The van der Waals surface area contributed by atoms with Crippen LogP contribution in [-0.2, 0) is 8.23 Å². The Labute approximate surface area is 95.3 Å². The maximum Gasteiger partial charge on any atom is 0.283 e. The third-order valence-corrected chi connectivity index (χ3v) is 23.0. The van der Waals surface area contributed by atoms with E-state index in [1.807, 2.05) is 0 Å². The van der Waals surface area contributed by atoms with Crippen LogP contribution in [0, 0.1) is 0 Å². The number of hydrogen-bond acceptors (Lipinski definition) is 3. The van der Waals surface area contributed by atoms with Crippen molar-refractivity contribution in [2.24, 2.45) is 5.73 Å². The van der Waals surface area contributed by atoms with Crippen LogP contribution in [0.1, 0.15) is 6.42 Å². The highest BCUT2D eigenvalue weighted by molar-refractivity contribution is 7.38. The molecule has 0 aromatic carbocycles. The number of rotatable bonds is 7. The Morgan fingerprint density at radius 3 is 2.21 bits per heavy atom. The van der Waals surface area contributed by atoms with E-state index in [9.17, 15) is 0 Å². The van der Waals surface area contributed by atoms with Crippen molar-refractivity contribution >= 4 is 35.9 Å². The predicted octanol–water partition coefficient (Wildman–Crippen LogP) is -0.361. The van der Waals surface area contributed by atoms with Crippen molar-refractivity contribution in [1.82, 2.24) is 0 Å². The molecule has 86 valence electrons. The SMILES string of the molecule is C[Si](C)(C)[Si](C)(CCCN)O[SiH2]O[SiH3]. The molecule has 0 aromatic rings. The van der Waals surface area contributed by atoms with Gasteiger partial charge >= 0.3 is 0 Å². The van der Waals surface area contributed by atoms with Gasteiger partial charge in [-0.15, -0.1) is 0 Å². The molecule has 1 atom stereocenters. The predicted molar refractivity (Wildman–Crippen MR) is 74.1 cm³/mol. The maximum absolute atomic E-state index is 6.14. The molecule has 1 unspecified atom stereocenters. The Bertz CT molecular complexity index is 154. The summed E-state index contributed by atoms with van der Waals surface area (Å²) in [5.74, 6) is 0. The minimum Gasteiger partial charge on any atom is -0.449 e. The van der Waals surface area contributed by atoms with Crippen molar-refractivity contribution in [3.63, 3.8) is 0 Å². The molecular weight excluding hydrogens is 242 g/mol. The van der Waals surface area contributed by atoms with Gasteiger partial charge in [-0.1, -0.05) is 19.6 Å². The first-order valence-corrected chi connectivity index (χ1v) is 14.3. The second kappa shape index (κ2) is 6.36. The van der Waals surface area contributed by atoms with E-state index in [1.165, 1.54) is 6.04 Å². The van der Waals surface area contributed by atoms with Crippen molar-refractivity contribution in [3.8, 4) is 0 Å². The van der Waals surface area contributed by atoms with Gasteiger partial charge < -0.3 is 14.0 Å². The molecule has 0 heterocycles. The quantitative estimate of drug-likeness (QED) is 0.641. The highest BCUT2D eigenvalue weighted by atomic mass is 29.3. The van der Waals surface area contributed by atoms with Gasteiger partial charge in [-0.3, -0.25) is 0 Å². The zero-order valence-electron chi connectivity index (χ0n) is 10.2. The summed E-state index contributed by atoms with van der Waals surface area (Å²) in [7, 11) is -2.48. The zero-order chi connectivity index (χ0) is 11.2. The Morgan fingerprint density at radius 2 is 1.86 bits per heavy atom. The molecule has 0 rings (SSSR count). The van der Waals surface area contributed by atoms with Gasteiger partial charge in [0.2, 0.25) is 0 Å². The van der Waals surface area contributed by atoms with E-state index in [4.69, 9.17) is 14.0 Å². The molecule has 0 saturated heterocycles. The minimum atomic E-state index is -1.48. The average molecular weight is 268 g/mol. The van der Waals surface area contributed by atoms with Gasteiger partial charge in [0.1, 0.15) is 10.5 Å². The van der Waals surface area contributed by atoms with Crippen LogP contribution >= 0.6 is 0 Å². The molecule has 0 amide bonds. The van der Waals surface area contributed by atoms with E-state index >= 15 is 0 Å². The average Bonchev–Trinajstić information content (AvgIpc) is 2.09. The van der Waals surface area contributed by atoms with Gasteiger partial charge in [0, 0.05) is 0 Å². The Balaban J connectivity index is 4.33. The van der Waals surface area contributed by atoms with Crippen LogP contribution in [0.5, 0.6) is 0 Å². The van der Waals surface area contributed by atoms with E-state index < -0.39 is 25.4 Å². The summed E-state index contributed by atoms with van der Waals surface area (Å²) in [6.07, 6.45) is 1.11. The van der Waals surface area contributed by atoms with E-state index in [-0.39, 0.29) is 0 Å². The van der Waals surface area contributed by atoms with Crippen molar-refractivity contribution in [1.29, 1.82) is 0 Å². The van der Waals surface area contributed by atoms with E-state index in [2.05, 4.69) is 26.2 Å². The Morgan fingerprint density at radius 1 is 1.29 bits per heavy atom. The molecular formula is C7H25NO2Si4. The summed E-state index contributed by atoms with van der Waals surface area (Å²) in [5, 5.41) is 0. The van der Waals surface area contributed by atoms with E-state index in [0.29, 0.717) is 0 Å². The molecule has 2 N–H and O–H groups in total. The molecule has 0 fully saturated rings. The molecule has 0 bridgehead atoms. The summed E-state index contributed by atoms with van der Waals surface area (Å²) < 4.78 is 11.4. The molecule has 0 radical (unpaired) electrons. The molecule has 0 aromatic heterocycles. The lowest BCUT2D eigenvalue weighted by Gasteiger charge is -2.38. The molecule has 0 aliphatic rings. The van der Waals surface area contributed by atoms with Crippen LogP contribution in [0.3, 0.4) is 0 Å². The summed E-state index contributed by atoms with van der Waals surface area (Å²) in [6.45, 7) is 10.4. The lowest BCUT2D eigenvalue weighted by Crippen LogP contribution is -2.58. The lowest BCUT2D eigenvalue weighted by molar-refractivity contribution is 0.481. The topological polar surface area (TPSA) is 44.5 Å². The van der Waals surface area contributed by atoms with Gasteiger partial charge in [-0.2, -0.15) is 0 Å². The fourth-order valence-corrected chi connectivity index (χ4v) is 15.0. The monoisotopic (exact) mass is 267 g/mol. The largest absolute Gasteiger partial charge is 0.449 e. The van der Waals surface area contributed by atoms with Crippen LogP contribution in [0.15, 0.2) is 0 Å². The van der Waals surface area contributed by atoms with Crippen LogP contribution in [0.4, 0.5) is 0 Å². The van der Waals surface area contributed by atoms with Crippen LogP contribution in [0.25, 0.3) is 0 Å². The minimum absolute atomic E-state index is 0.673. The van der Waals surface area contributed by atoms with Crippen molar-refractivity contribution in [2.75, 3.05) is 6.54 Å². The van der Waals surface area contributed by atoms with E-state index in [1.54, 1.807) is 0 Å². The van der Waals surface area contributed by atoms with Crippen LogP contribution in [0.2, 0.25) is 32.2 Å². The van der Waals surface area contributed by atoms with E-state index in [0.717, 1.165) is 23.5 Å². The van der Waals surface area contributed by atoms with Crippen molar-refractivity contribution in [2.45, 2.75) is 38.7 Å². The molecule has 0 aliphatic heterocycles. The first-order chi connectivity index (χ1) is 6.37. The third kappa shape index (κ3) is 4.51. The standard InChI is InChI=1S/C7H25NO2Si4/c1-13(2,3)14(4,7-5-6-8)10-12-9-11/h5-8,12H2,1-4,11H3. The Hall–Kier alpha value is 0.748. The maximum atomic E-state index is 6.14. The summed E-state index contributed by atoms with van der Waals surface area (Å²) in [5.41, 5.74) is 5.58. The normalized spacial score (nSPS) is 17.8. The van der Waals surface area contributed by atoms with Gasteiger partial charge in [0.05, 0.1) is 7.59 Å². The molecule has 3 nitrogen and oxygen atoms in total. The van der Waals surface area contributed by atoms with Crippen molar-refractivity contribution in [3.05, 3.63) is 0 Å². The number of hydrogen-bond donors (Lipinski definition) is 1. The summed E-state index contributed by atoms with van der Waals surface area (Å²) in [6, 6.07) is 1.22. The summed E-state index contributed by atoms with van der Waals surface area (Å²) >= 11 is 0. The molecule has 7 heteroatoms. The fourth-order valence-electron chi connectivity index (χ4n) is 1.29. The second-order valence-corrected chi connectivity index (χ2v) is 23.8. The molecule has 0 aliphatic carbocycles. The third-order valence-electron chi connectivity index (χ3n) is 2.94. The first kappa shape index (κ1) is 14.7. The molecule has 14 heavy (non-hydrogen) atoms. The molecule has 0 spiro atoms. The van der Waals surface area contributed by atoms with Gasteiger partial charge in [-0.05, 0) is 25.6 Å². The first-order valence-electron chi connectivity index (χ1n) is 5.20. The smallest absolute Gasteiger partial charge is 0.283 e. The second-order valence-electron chi connectivity index (χ2n) is 4.92. The number of nitrogens with two attached hydrogens (primary N) is 1. The van der Waals surface area contributed by atoms with Gasteiger partial charge in [0.25, 0.3) is 10.0 Å². The van der Waals surface area contributed by atoms with Crippen LogP contribution < -0.4 is 5.73 Å². The van der Waals surface area contributed by atoms with Gasteiger partial charge in [0.15, 0.2) is 7.83 Å². The Kier molecular flexibility index (Phi) is 6.70. The molecule has 0 saturated carbocycles.